The zero-order chi connectivity index (χ0) is 13.1. The summed E-state index contributed by atoms with van der Waals surface area (Å²) in [5.41, 5.74) is 7.61. The average Bonchev–Trinajstić information content (AvgIpc) is 2.67. The molecule has 0 amide bonds. The quantitative estimate of drug-likeness (QED) is 0.884. The van der Waals surface area contributed by atoms with Crippen molar-refractivity contribution in [2.24, 2.45) is 17.6 Å². The molecule has 100 valence electrons. The molecule has 2 heteroatoms. The van der Waals surface area contributed by atoms with E-state index in [1.807, 2.05) is 0 Å². The molecule has 18 heavy (non-hydrogen) atoms. The van der Waals surface area contributed by atoms with Gasteiger partial charge in [0.25, 0.3) is 0 Å². The molecular weight excluding hydrogens is 220 g/mol. The van der Waals surface area contributed by atoms with Gasteiger partial charge in [-0.1, -0.05) is 51.1 Å². The number of hydrogen-bond donors (Lipinski definition) is 1. The van der Waals surface area contributed by atoms with Gasteiger partial charge in [0.2, 0.25) is 0 Å². The van der Waals surface area contributed by atoms with Crippen molar-refractivity contribution in [3.63, 3.8) is 0 Å². The van der Waals surface area contributed by atoms with E-state index < -0.39 is 0 Å². The number of likely N-dealkylation sites (tertiary alicyclic amines) is 1. The van der Waals surface area contributed by atoms with Crippen molar-refractivity contribution in [1.82, 2.24) is 4.90 Å². The van der Waals surface area contributed by atoms with E-state index in [4.69, 9.17) is 5.73 Å². The minimum absolute atomic E-state index is 0.336. The molecule has 0 saturated carbocycles. The molecule has 0 radical (unpaired) electrons. The van der Waals surface area contributed by atoms with Crippen LogP contribution >= 0.6 is 0 Å². The first kappa shape index (κ1) is 13.6. The standard InChI is InChI=1S/C16H26N2/c1-12(2)9-16(14-7-5-4-6-8-14)18-10-13(3)15(17)11-18/h4-8,12-13,15-16H,9-11,17H2,1-3H3. The molecule has 1 saturated heterocycles. The van der Waals surface area contributed by atoms with Crippen LogP contribution in [-0.4, -0.2) is 24.0 Å². The topological polar surface area (TPSA) is 29.3 Å². The van der Waals surface area contributed by atoms with Crippen LogP contribution in [0.15, 0.2) is 30.3 Å². The maximum Gasteiger partial charge on any atom is 0.0351 e. The fraction of sp³-hybridized carbons (Fsp3) is 0.625. The van der Waals surface area contributed by atoms with Gasteiger partial charge in [0.15, 0.2) is 0 Å². The van der Waals surface area contributed by atoms with Gasteiger partial charge in [0, 0.05) is 25.2 Å². The Labute approximate surface area is 111 Å². The second kappa shape index (κ2) is 5.85. The van der Waals surface area contributed by atoms with Crippen LogP contribution in [0.3, 0.4) is 0 Å². The summed E-state index contributed by atoms with van der Waals surface area (Å²) in [4.78, 5) is 2.57. The Morgan fingerprint density at radius 3 is 2.39 bits per heavy atom. The summed E-state index contributed by atoms with van der Waals surface area (Å²) in [6.07, 6.45) is 1.21. The van der Waals surface area contributed by atoms with E-state index >= 15 is 0 Å². The SMILES string of the molecule is CC(C)CC(c1ccccc1)N1CC(C)C(N)C1. The Kier molecular flexibility index (Phi) is 4.41. The average molecular weight is 246 g/mol. The minimum atomic E-state index is 0.336. The Morgan fingerprint density at radius 1 is 1.22 bits per heavy atom. The van der Waals surface area contributed by atoms with Crippen molar-refractivity contribution in [3.8, 4) is 0 Å². The summed E-state index contributed by atoms with van der Waals surface area (Å²) in [6.45, 7) is 9.04. The molecular formula is C16H26N2. The first-order chi connectivity index (χ1) is 8.58. The van der Waals surface area contributed by atoms with Gasteiger partial charge in [-0.2, -0.15) is 0 Å². The summed E-state index contributed by atoms with van der Waals surface area (Å²) in [7, 11) is 0. The molecule has 0 bridgehead atoms. The Bertz CT molecular complexity index is 351. The van der Waals surface area contributed by atoms with Crippen LogP contribution in [-0.2, 0) is 0 Å². The highest BCUT2D eigenvalue weighted by Gasteiger charge is 2.32. The van der Waals surface area contributed by atoms with Crippen molar-refractivity contribution in [3.05, 3.63) is 35.9 Å². The number of nitrogens with zero attached hydrogens (tertiary/aromatic N) is 1. The third kappa shape index (κ3) is 3.12. The molecule has 3 atom stereocenters. The molecule has 0 spiro atoms. The first-order valence-electron chi connectivity index (χ1n) is 7.12. The largest absolute Gasteiger partial charge is 0.326 e. The minimum Gasteiger partial charge on any atom is -0.326 e. The molecule has 0 aliphatic carbocycles. The molecule has 0 aromatic heterocycles. The monoisotopic (exact) mass is 246 g/mol. The van der Waals surface area contributed by atoms with Crippen LogP contribution in [0, 0.1) is 11.8 Å². The summed E-state index contributed by atoms with van der Waals surface area (Å²) in [5, 5.41) is 0. The van der Waals surface area contributed by atoms with Gasteiger partial charge in [-0.15, -0.1) is 0 Å². The fourth-order valence-corrected chi connectivity index (χ4v) is 2.90. The van der Waals surface area contributed by atoms with Crippen LogP contribution in [0.4, 0.5) is 0 Å². The van der Waals surface area contributed by atoms with Crippen molar-refractivity contribution < 1.29 is 0 Å². The highest BCUT2D eigenvalue weighted by molar-refractivity contribution is 5.19. The van der Waals surface area contributed by atoms with Crippen molar-refractivity contribution in [1.29, 1.82) is 0 Å². The second-order valence-electron chi connectivity index (χ2n) is 6.15. The molecule has 1 heterocycles. The molecule has 1 aromatic carbocycles. The van der Waals surface area contributed by atoms with Crippen LogP contribution in [0.1, 0.15) is 38.8 Å². The Balaban J connectivity index is 2.16. The number of benzene rings is 1. The van der Waals surface area contributed by atoms with Gasteiger partial charge in [-0.3, -0.25) is 4.90 Å². The second-order valence-corrected chi connectivity index (χ2v) is 6.15. The van der Waals surface area contributed by atoms with Gasteiger partial charge in [0.1, 0.15) is 0 Å². The van der Waals surface area contributed by atoms with Crippen molar-refractivity contribution in [2.75, 3.05) is 13.1 Å². The number of hydrogen-bond acceptors (Lipinski definition) is 2. The predicted octanol–water partition coefficient (Wildman–Crippen LogP) is 3.05. The Morgan fingerprint density at radius 2 is 1.89 bits per heavy atom. The molecule has 1 aromatic rings. The third-order valence-electron chi connectivity index (χ3n) is 4.02. The van der Waals surface area contributed by atoms with Crippen LogP contribution < -0.4 is 5.73 Å². The summed E-state index contributed by atoms with van der Waals surface area (Å²) in [5.74, 6) is 1.32. The van der Waals surface area contributed by atoms with Gasteiger partial charge >= 0.3 is 0 Å². The highest BCUT2D eigenvalue weighted by atomic mass is 15.2. The van der Waals surface area contributed by atoms with E-state index in [9.17, 15) is 0 Å². The predicted molar refractivity (Wildman–Crippen MR) is 77.4 cm³/mol. The van der Waals surface area contributed by atoms with E-state index in [1.165, 1.54) is 12.0 Å². The molecule has 1 aliphatic heterocycles. The summed E-state index contributed by atoms with van der Waals surface area (Å²) in [6, 6.07) is 11.7. The molecule has 1 aliphatic rings. The normalized spacial score (nSPS) is 26.7. The number of rotatable bonds is 4. The summed E-state index contributed by atoms with van der Waals surface area (Å²) < 4.78 is 0. The smallest absolute Gasteiger partial charge is 0.0351 e. The maximum absolute atomic E-state index is 6.17. The molecule has 2 rings (SSSR count). The fourth-order valence-electron chi connectivity index (χ4n) is 2.90. The van der Waals surface area contributed by atoms with Crippen molar-refractivity contribution >= 4 is 0 Å². The van der Waals surface area contributed by atoms with E-state index in [-0.39, 0.29) is 0 Å². The zero-order valence-corrected chi connectivity index (χ0v) is 11.8. The van der Waals surface area contributed by atoms with E-state index in [1.54, 1.807) is 0 Å². The molecule has 1 fully saturated rings. The van der Waals surface area contributed by atoms with E-state index in [0.29, 0.717) is 23.9 Å². The van der Waals surface area contributed by atoms with Crippen molar-refractivity contribution in [2.45, 2.75) is 39.3 Å². The Hall–Kier alpha value is -0.860. The lowest BCUT2D eigenvalue weighted by Crippen LogP contribution is -2.31. The number of nitrogens with two attached hydrogens (primary N) is 1. The third-order valence-corrected chi connectivity index (χ3v) is 4.02. The molecule has 2 nitrogen and oxygen atoms in total. The lowest BCUT2D eigenvalue weighted by atomic mass is 9.96. The summed E-state index contributed by atoms with van der Waals surface area (Å²) >= 11 is 0. The van der Waals surface area contributed by atoms with Crippen LogP contribution in [0.2, 0.25) is 0 Å². The molecule has 2 N–H and O–H groups in total. The zero-order valence-electron chi connectivity index (χ0n) is 11.8. The molecule has 3 unspecified atom stereocenters. The van der Waals surface area contributed by atoms with E-state index in [2.05, 4.69) is 56.0 Å². The highest BCUT2D eigenvalue weighted by Crippen LogP contribution is 2.31. The van der Waals surface area contributed by atoms with Crippen LogP contribution in [0.25, 0.3) is 0 Å². The van der Waals surface area contributed by atoms with Gasteiger partial charge < -0.3 is 5.73 Å². The first-order valence-corrected chi connectivity index (χ1v) is 7.12. The lowest BCUT2D eigenvalue weighted by molar-refractivity contribution is 0.208. The van der Waals surface area contributed by atoms with Gasteiger partial charge in [0.05, 0.1) is 0 Å². The van der Waals surface area contributed by atoms with Gasteiger partial charge in [-0.05, 0) is 23.8 Å². The van der Waals surface area contributed by atoms with Gasteiger partial charge in [-0.25, -0.2) is 0 Å². The lowest BCUT2D eigenvalue weighted by Gasteiger charge is -2.29. The van der Waals surface area contributed by atoms with E-state index in [0.717, 1.165) is 13.1 Å². The van der Waals surface area contributed by atoms with Crippen LogP contribution in [0.5, 0.6) is 0 Å². The maximum atomic E-state index is 6.17.